The zero-order valence-electron chi connectivity index (χ0n) is 16.5. The molecular formula is C20H42NO2+. The van der Waals surface area contributed by atoms with Gasteiger partial charge >= 0.3 is 5.97 Å². The molecule has 0 bridgehead atoms. The Morgan fingerprint density at radius 2 is 1.22 bits per heavy atom. The molecule has 0 aliphatic heterocycles. The summed E-state index contributed by atoms with van der Waals surface area (Å²) in [6.45, 7) is 7.08. The summed E-state index contributed by atoms with van der Waals surface area (Å²) in [5.74, 6) is -0.673. The maximum atomic E-state index is 11.6. The van der Waals surface area contributed by atoms with Gasteiger partial charge in [-0.2, -0.15) is 0 Å². The SMILES string of the molecule is CCCCCCCCCCCCC[N+](C)(C)C(C)(CC)C(=O)O. The molecule has 0 spiro atoms. The third-order valence-corrected chi connectivity index (χ3v) is 5.81. The summed E-state index contributed by atoms with van der Waals surface area (Å²) in [6, 6.07) is 0. The highest BCUT2D eigenvalue weighted by molar-refractivity contribution is 5.76. The zero-order chi connectivity index (χ0) is 17.8. The van der Waals surface area contributed by atoms with Crippen LogP contribution in [0, 0.1) is 0 Å². The first-order valence-corrected chi connectivity index (χ1v) is 9.88. The third-order valence-electron chi connectivity index (χ3n) is 5.81. The second-order valence-corrected chi connectivity index (χ2v) is 7.88. The zero-order valence-corrected chi connectivity index (χ0v) is 16.5. The standard InChI is InChI=1S/C20H41NO2/c1-6-8-9-10-11-12-13-14-15-16-17-18-21(4,5)20(3,7-2)19(22)23/h6-18H2,1-5H3/p+1. The number of quaternary nitrogens is 1. The van der Waals surface area contributed by atoms with Crippen molar-refractivity contribution in [2.24, 2.45) is 0 Å². The van der Waals surface area contributed by atoms with Crippen LogP contribution in [0.25, 0.3) is 0 Å². The molecule has 0 saturated carbocycles. The first kappa shape index (κ1) is 22.4. The molecule has 0 aromatic carbocycles. The largest absolute Gasteiger partial charge is 0.477 e. The van der Waals surface area contributed by atoms with E-state index >= 15 is 0 Å². The fourth-order valence-electron chi connectivity index (χ4n) is 3.26. The van der Waals surface area contributed by atoms with Gasteiger partial charge in [0.25, 0.3) is 0 Å². The Kier molecular flexibility index (Phi) is 11.6. The number of hydrogen-bond acceptors (Lipinski definition) is 1. The predicted octanol–water partition coefficient (Wildman–Crippen LogP) is 5.63. The van der Waals surface area contributed by atoms with Crippen LogP contribution < -0.4 is 0 Å². The van der Waals surface area contributed by atoms with Crippen LogP contribution in [0.15, 0.2) is 0 Å². The van der Waals surface area contributed by atoms with Gasteiger partial charge in [0.2, 0.25) is 0 Å². The van der Waals surface area contributed by atoms with Crippen molar-refractivity contribution in [2.45, 2.75) is 103 Å². The molecule has 0 rings (SSSR count). The van der Waals surface area contributed by atoms with E-state index in [2.05, 4.69) is 21.0 Å². The molecular weight excluding hydrogens is 286 g/mol. The van der Waals surface area contributed by atoms with Crippen molar-refractivity contribution in [3.05, 3.63) is 0 Å². The van der Waals surface area contributed by atoms with Crippen molar-refractivity contribution in [1.29, 1.82) is 0 Å². The third kappa shape index (κ3) is 8.19. The molecule has 1 atom stereocenters. The van der Waals surface area contributed by atoms with Crippen molar-refractivity contribution in [1.82, 2.24) is 0 Å². The molecule has 0 aromatic heterocycles. The van der Waals surface area contributed by atoms with Crippen molar-refractivity contribution in [3.63, 3.8) is 0 Å². The molecule has 3 heteroatoms. The molecule has 0 radical (unpaired) electrons. The quantitative estimate of drug-likeness (QED) is 0.312. The van der Waals surface area contributed by atoms with Crippen LogP contribution in [0.1, 0.15) is 97.8 Å². The Morgan fingerprint density at radius 1 is 0.826 bits per heavy atom. The van der Waals surface area contributed by atoms with Crippen LogP contribution in [0.5, 0.6) is 0 Å². The van der Waals surface area contributed by atoms with E-state index in [-0.39, 0.29) is 0 Å². The van der Waals surface area contributed by atoms with E-state index in [1.54, 1.807) is 0 Å². The Bertz CT molecular complexity index is 315. The first-order valence-electron chi connectivity index (χ1n) is 9.88. The molecule has 0 amide bonds. The summed E-state index contributed by atoms with van der Waals surface area (Å²) in [6.07, 6.45) is 15.4. The monoisotopic (exact) mass is 328 g/mol. The van der Waals surface area contributed by atoms with Crippen molar-refractivity contribution < 1.29 is 14.4 Å². The number of rotatable bonds is 15. The van der Waals surface area contributed by atoms with Crippen LogP contribution in [-0.2, 0) is 4.79 Å². The van der Waals surface area contributed by atoms with Gasteiger partial charge in [-0.15, -0.1) is 0 Å². The van der Waals surface area contributed by atoms with Gasteiger partial charge in [-0.3, -0.25) is 0 Å². The molecule has 1 unspecified atom stereocenters. The van der Waals surface area contributed by atoms with Gasteiger partial charge < -0.3 is 9.59 Å². The molecule has 0 aliphatic rings. The summed E-state index contributed by atoms with van der Waals surface area (Å²) in [5, 5.41) is 9.53. The second kappa shape index (κ2) is 11.9. The van der Waals surface area contributed by atoms with Crippen LogP contribution in [0.3, 0.4) is 0 Å². The van der Waals surface area contributed by atoms with E-state index in [9.17, 15) is 9.90 Å². The van der Waals surface area contributed by atoms with Gasteiger partial charge in [0, 0.05) is 13.3 Å². The summed E-state index contributed by atoms with van der Waals surface area (Å²) >= 11 is 0. The lowest BCUT2D eigenvalue weighted by Gasteiger charge is -2.43. The van der Waals surface area contributed by atoms with Gasteiger partial charge in [0.1, 0.15) is 0 Å². The summed E-state index contributed by atoms with van der Waals surface area (Å²) in [7, 11) is 4.13. The minimum Gasteiger partial charge on any atom is -0.477 e. The van der Waals surface area contributed by atoms with E-state index in [1.807, 2.05) is 13.8 Å². The predicted molar refractivity (Wildman–Crippen MR) is 99.8 cm³/mol. The Labute approximate surface area is 145 Å². The van der Waals surface area contributed by atoms with Gasteiger partial charge in [-0.05, 0) is 12.8 Å². The maximum Gasteiger partial charge on any atom is 0.365 e. The van der Waals surface area contributed by atoms with E-state index in [1.165, 1.54) is 64.2 Å². The highest BCUT2D eigenvalue weighted by Crippen LogP contribution is 2.26. The first-order chi connectivity index (χ1) is 10.8. The minimum atomic E-state index is -0.673. The number of unbranched alkanes of at least 4 members (excludes halogenated alkanes) is 10. The van der Waals surface area contributed by atoms with E-state index in [0.717, 1.165) is 13.0 Å². The number of carboxylic acids is 1. The summed E-state index contributed by atoms with van der Waals surface area (Å²) < 4.78 is 0.580. The number of hydrogen-bond donors (Lipinski definition) is 1. The highest BCUT2D eigenvalue weighted by Gasteiger charge is 2.46. The van der Waals surface area contributed by atoms with Crippen molar-refractivity contribution >= 4 is 5.97 Å². The summed E-state index contributed by atoms with van der Waals surface area (Å²) in [4.78, 5) is 11.6. The van der Waals surface area contributed by atoms with Crippen LogP contribution in [0.2, 0.25) is 0 Å². The molecule has 3 nitrogen and oxygen atoms in total. The van der Waals surface area contributed by atoms with Gasteiger partial charge in [0.05, 0.1) is 20.6 Å². The molecule has 0 aliphatic carbocycles. The molecule has 1 N–H and O–H groups in total. The fourth-order valence-corrected chi connectivity index (χ4v) is 3.26. The molecule has 138 valence electrons. The lowest BCUT2D eigenvalue weighted by molar-refractivity contribution is -0.930. The van der Waals surface area contributed by atoms with Crippen molar-refractivity contribution in [2.75, 3.05) is 20.6 Å². The number of aliphatic carboxylic acids is 1. The molecule has 0 saturated heterocycles. The summed E-state index contributed by atoms with van der Waals surface area (Å²) in [5.41, 5.74) is -0.668. The number of nitrogens with zero attached hydrogens (tertiary/aromatic N) is 1. The van der Waals surface area contributed by atoms with Gasteiger partial charge in [0.15, 0.2) is 5.54 Å². The molecule has 23 heavy (non-hydrogen) atoms. The number of carbonyl (C=O) groups is 1. The molecule has 0 fully saturated rings. The Hall–Kier alpha value is -0.570. The highest BCUT2D eigenvalue weighted by atomic mass is 16.4. The topological polar surface area (TPSA) is 37.3 Å². The fraction of sp³-hybridized carbons (Fsp3) is 0.950. The second-order valence-electron chi connectivity index (χ2n) is 7.88. The smallest absolute Gasteiger partial charge is 0.365 e. The minimum absolute atomic E-state index is 0.580. The number of likely N-dealkylation sites (N-methyl/N-ethyl adjacent to an activating group) is 1. The lowest BCUT2D eigenvalue weighted by atomic mass is 9.93. The van der Waals surface area contributed by atoms with E-state index < -0.39 is 11.5 Å². The van der Waals surface area contributed by atoms with Gasteiger partial charge in [-0.1, -0.05) is 71.6 Å². The average molecular weight is 329 g/mol. The normalized spacial score (nSPS) is 14.7. The van der Waals surface area contributed by atoms with Crippen LogP contribution in [-0.4, -0.2) is 41.7 Å². The van der Waals surface area contributed by atoms with Crippen molar-refractivity contribution in [3.8, 4) is 0 Å². The van der Waals surface area contributed by atoms with Crippen LogP contribution in [0.4, 0.5) is 0 Å². The average Bonchev–Trinajstić information content (AvgIpc) is 2.51. The lowest BCUT2D eigenvalue weighted by Crippen LogP contribution is -2.62. The molecule has 0 aromatic rings. The maximum absolute atomic E-state index is 11.6. The van der Waals surface area contributed by atoms with E-state index in [0.29, 0.717) is 10.9 Å². The van der Waals surface area contributed by atoms with Crippen LogP contribution >= 0.6 is 0 Å². The van der Waals surface area contributed by atoms with Gasteiger partial charge in [-0.25, -0.2) is 4.79 Å². The Morgan fingerprint density at radius 3 is 1.57 bits per heavy atom. The van der Waals surface area contributed by atoms with E-state index in [4.69, 9.17) is 0 Å². The Balaban J connectivity index is 3.73. The molecule has 0 heterocycles. The number of carboxylic acid groups (broad SMARTS) is 1.